The van der Waals surface area contributed by atoms with E-state index in [1.54, 1.807) is 6.20 Å². The van der Waals surface area contributed by atoms with E-state index in [1.165, 1.54) is 0 Å². The van der Waals surface area contributed by atoms with Crippen molar-refractivity contribution in [3.63, 3.8) is 0 Å². The molecule has 0 radical (unpaired) electrons. The Morgan fingerprint density at radius 1 is 1.16 bits per heavy atom. The van der Waals surface area contributed by atoms with Crippen LogP contribution in [0, 0.1) is 0 Å². The van der Waals surface area contributed by atoms with E-state index in [0.717, 1.165) is 41.6 Å². The smallest absolute Gasteiger partial charge is 0.194 e. The Hall–Kier alpha value is -2.01. The molecule has 100 valence electrons. The van der Waals surface area contributed by atoms with Crippen molar-refractivity contribution in [2.24, 2.45) is 5.73 Å². The van der Waals surface area contributed by atoms with Gasteiger partial charge in [0.2, 0.25) is 0 Å². The van der Waals surface area contributed by atoms with Crippen molar-refractivity contribution >= 4 is 0 Å². The maximum Gasteiger partial charge on any atom is 0.194 e. The molecule has 3 rings (SSSR count). The van der Waals surface area contributed by atoms with Crippen LogP contribution in [0.4, 0.5) is 0 Å². The van der Waals surface area contributed by atoms with Gasteiger partial charge in [-0.25, -0.2) is 4.98 Å². The minimum atomic E-state index is 0.578. The van der Waals surface area contributed by atoms with Crippen molar-refractivity contribution in [3.05, 3.63) is 30.3 Å². The third kappa shape index (κ3) is 2.56. The molecule has 0 saturated heterocycles. The zero-order valence-electron chi connectivity index (χ0n) is 10.6. The quantitative estimate of drug-likeness (QED) is 0.910. The van der Waals surface area contributed by atoms with Gasteiger partial charge >= 0.3 is 0 Å². The first-order valence-electron chi connectivity index (χ1n) is 6.41. The minimum Gasteiger partial charge on any atom is -0.486 e. The lowest BCUT2D eigenvalue weighted by Gasteiger charge is -2.18. The molecule has 5 heteroatoms. The number of nitrogens with two attached hydrogens (primary N) is 1. The summed E-state index contributed by atoms with van der Waals surface area (Å²) in [5.74, 6) is 2.99. The summed E-state index contributed by atoms with van der Waals surface area (Å²) in [6.07, 6.45) is 3.37. The van der Waals surface area contributed by atoms with Crippen LogP contribution in [0.1, 0.15) is 12.3 Å². The molecular weight excluding hydrogens is 244 g/mol. The average molecular weight is 260 g/mol. The standard InChI is InChI=1S/C14H16N2O3/c15-5-1-2-14-16-9-13(19-14)10-3-4-11-12(8-10)18-7-6-17-11/h3-4,8-9H,1-2,5-7,15H2. The van der Waals surface area contributed by atoms with Gasteiger partial charge in [0, 0.05) is 12.0 Å². The van der Waals surface area contributed by atoms with Gasteiger partial charge in [-0.1, -0.05) is 0 Å². The Bertz CT molecular complexity index is 566. The monoisotopic (exact) mass is 260 g/mol. The van der Waals surface area contributed by atoms with Gasteiger partial charge in [-0.3, -0.25) is 0 Å². The van der Waals surface area contributed by atoms with Crippen molar-refractivity contribution in [2.75, 3.05) is 19.8 Å². The molecule has 5 nitrogen and oxygen atoms in total. The van der Waals surface area contributed by atoms with Crippen molar-refractivity contribution in [1.29, 1.82) is 0 Å². The molecule has 1 aromatic heterocycles. The number of aromatic nitrogens is 1. The topological polar surface area (TPSA) is 70.5 Å². The number of oxazole rings is 1. The first-order valence-corrected chi connectivity index (χ1v) is 6.41. The summed E-state index contributed by atoms with van der Waals surface area (Å²) in [6.45, 7) is 1.81. The van der Waals surface area contributed by atoms with Gasteiger partial charge in [0.25, 0.3) is 0 Å². The molecule has 0 fully saturated rings. The van der Waals surface area contributed by atoms with Crippen LogP contribution in [0.3, 0.4) is 0 Å². The van der Waals surface area contributed by atoms with Crippen LogP contribution in [0.25, 0.3) is 11.3 Å². The van der Waals surface area contributed by atoms with E-state index in [4.69, 9.17) is 19.6 Å². The predicted octanol–water partition coefficient (Wildman–Crippen LogP) is 2.00. The molecule has 2 N–H and O–H groups in total. The number of nitrogens with zero attached hydrogens (tertiary/aromatic N) is 1. The molecule has 0 atom stereocenters. The second-order valence-electron chi connectivity index (χ2n) is 4.37. The summed E-state index contributed by atoms with van der Waals surface area (Å²) in [7, 11) is 0. The van der Waals surface area contributed by atoms with E-state index < -0.39 is 0 Å². The van der Waals surface area contributed by atoms with Gasteiger partial charge in [-0.2, -0.15) is 0 Å². The highest BCUT2D eigenvalue weighted by atomic mass is 16.6. The van der Waals surface area contributed by atoms with Crippen LogP contribution in [0.5, 0.6) is 11.5 Å². The molecule has 0 spiro atoms. The summed E-state index contributed by atoms with van der Waals surface area (Å²) in [4.78, 5) is 4.25. The van der Waals surface area contributed by atoms with E-state index in [2.05, 4.69) is 4.98 Å². The van der Waals surface area contributed by atoms with Gasteiger partial charge < -0.3 is 19.6 Å². The molecule has 1 aromatic carbocycles. The summed E-state index contributed by atoms with van der Waals surface area (Å²) in [6, 6.07) is 5.76. The highest BCUT2D eigenvalue weighted by molar-refractivity contribution is 5.62. The molecule has 0 saturated carbocycles. The third-order valence-electron chi connectivity index (χ3n) is 2.98. The van der Waals surface area contributed by atoms with E-state index in [1.807, 2.05) is 18.2 Å². The largest absolute Gasteiger partial charge is 0.486 e. The Morgan fingerprint density at radius 2 is 2.00 bits per heavy atom. The fourth-order valence-electron chi connectivity index (χ4n) is 2.01. The van der Waals surface area contributed by atoms with E-state index in [9.17, 15) is 0 Å². The lowest BCUT2D eigenvalue weighted by atomic mass is 10.1. The number of hydrogen-bond donors (Lipinski definition) is 1. The fourth-order valence-corrected chi connectivity index (χ4v) is 2.01. The Kier molecular flexibility index (Phi) is 3.37. The van der Waals surface area contributed by atoms with Gasteiger partial charge in [0.05, 0.1) is 6.20 Å². The molecule has 0 aliphatic carbocycles. The van der Waals surface area contributed by atoms with Crippen LogP contribution >= 0.6 is 0 Å². The first kappa shape index (κ1) is 12.0. The molecular formula is C14H16N2O3. The maximum atomic E-state index is 5.70. The van der Waals surface area contributed by atoms with Gasteiger partial charge in [-0.15, -0.1) is 0 Å². The summed E-state index contributed by atoms with van der Waals surface area (Å²) in [5, 5.41) is 0. The number of rotatable bonds is 4. The molecule has 1 aliphatic rings. The lowest BCUT2D eigenvalue weighted by molar-refractivity contribution is 0.171. The molecule has 1 aliphatic heterocycles. The molecule has 0 bridgehead atoms. The predicted molar refractivity (Wildman–Crippen MR) is 70.3 cm³/mol. The first-order chi connectivity index (χ1) is 9.36. The highest BCUT2D eigenvalue weighted by Crippen LogP contribution is 2.34. The molecule has 0 unspecified atom stereocenters. The Balaban J connectivity index is 1.83. The Labute approximate surface area is 111 Å². The van der Waals surface area contributed by atoms with Gasteiger partial charge in [0.15, 0.2) is 23.1 Å². The second kappa shape index (κ2) is 5.32. The number of ether oxygens (including phenoxy) is 2. The zero-order valence-corrected chi connectivity index (χ0v) is 10.6. The van der Waals surface area contributed by atoms with Crippen LogP contribution in [-0.4, -0.2) is 24.7 Å². The minimum absolute atomic E-state index is 0.578. The average Bonchev–Trinajstić information content (AvgIpc) is 2.93. The number of benzene rings is 1. The summed E-state index contributed by atoms with van der Waals surface area (Å²) >= 11 is 0. The zero-order chi connectivity index (χ0) is 13.1. The van der Waals surface area contributed by atoms with E-state index >= 15 is 0 Å². The molecule has 19 heavy (non-hydrogen) atoms. The maximum absolute atomic E-state index is 5.70. The molecule has 2 heterocycles. The number of fused-ring (bicyclic) bond motifs is 1. The van der Waals surface area contributed by atoms with Crippen molar-refractivity contribution in [3.8, 4) is 22.8 Å². The van der Waals surface area contributed by atoms with E-state index in [-0.39, 0.29) is 0 Å². The summed E-state index contributed by atoms with van der Waals surface area (Å²) < 4.78 is 16.7. The highest BCUT2D eigenvalue weighted by Gasteiger charge is 2.14. The van der Waals surface area contributed by atoms with Crippen LogP contribution in [0.15, 0.2) is 28.8 Å². The van der Waals surface area contributed by atoms with Crippen molar-refractivity contribution in [2.45, 2.75) is 12.8 Å². The summed E-state index contributed by atoms with van der Waals surface area (Å²) in [5.41, 5.74) is 6.41. The van der Waals surface area contributed by atoms with Gasteiger partial charge in [-0.05, 0) is 31.2 Å². The normalized spacial score (nSPS) is 13.5. The fraction of sp³-hybridized carbons (Fsp3) is 0.357. The van der Waals surface area contributed by atoms with Gasteiger partial charge in [0.1, 0.15) is 13.2 Å². The SMILES string of the molecule is NCCCc1ncc(-c2ccc3c(c2)OCCO3)o1. The van der Waals surface area contributed by atoms with E-state index in [0.29, 0.717) is 19.8 Å². The second-order valence-corrected chi connectivity index (χ2v) is 4.37. The van der Waals surface area contributed by atoms with Crippen LogP contribution < -0.4 is 15.2 Å². The number of hydrogen-bond acceptors (Lipinski definition) is 5. The number of aryl methyl sites for hydroxylation is 1. The lowest BCUT2D eigenvalue weighted by Crippen LogP contribution is -2.15. The van der Waals surface area contributed by atoms with Crippen molar-refractivity contribution < 1.29 is 13.9 Å². The van der Waals surface area contributed by atoms with Crippen molar-refractivity contribution in [1.82, 2.24) is 4.98 Å². The molecule has 0 amide bonds. The Morgan fingerprint density at radius 3 is 2.84 bits per heavy atom. The van der Waals surface area contributed by atoms with Crippen LogP contribution in [0.2, 0.25) is 0 Å². The third-order valence-corrected chi connectivity index (χ3v) is 2.98. The molecule has 2 aromatic rings. The van der Waals surface area contributed by atoms with Crippen LogP contribution in [-0.2, 0) is 6.42 Å².